The molecule has 0 heterocycles. The van der Waals surface area contributed by atoms with Gasteiger partial charge in [-0.25, -0.2) is 0 Å². The second-order valence-electron chi connectivity index (χ2n) is 5.27. The fraction of sp³-hybridized carbons (Fsp3) is 0.500. The van der Waals surface area contributed by atoms with Crippen molar-refractivity contribution >= 4 is 11.6 Å². The maximum Gasteiger partial charge on any atom is 0.471 e. The Morgan fingerprint density at radius 1 is 1.33 bits per heavy atom. The second kappa shape index (κ2) is 6.44. The molecule has 0 spiro atoms. The number of rotatable bonds is 5. The highest BCUT2D eigenvalue weighted by atomic mass is 19.4. The lowest BCUT2D eigenvalue weighted by atomic mass is 9.82. The highest BCUT2D eigenvalue weighted by Gasteiger charge is 2.38. The minimum absolute atomic E-state index is 0.121. The maximum absolute atomic E-state index is 12.2. The first-order valence-corrected chi connectivity index (χ1v) is 6.70. The van der Waals surface area contributed by atoms with Gasteiger partial charge in [0.1, 0.15) is 0 Å². The van der Waals surface area contributed by atoms with E-state index in [0.29, 0.717) is 12.5 Å². The number of aliphatic hydroxyl groups excluding tert-OH is 1. The number of amides is 1. The predicted octanol–water partition coefficient (Wildman–Crippen LogP) is 2.05. The first kappa shape index (κ1) is 15.8. The molecule has 0 radical (unpaired) electrons. The SMILES string of the molecule is O=C(Nc1cccc(CNCC2CC(O)C2)c1)C(F)(F)F. The molecule has 2 rings (SSSR count). The van der Waals surface area contributed by atoms with Crippen molar-refractivity contribution in [2.45, 2.75) is 31.7 Å². The highest BCUT2D eigenvalue weighted by Crippen LogP contribution is 2.26. The maximum atomic E-state index is 12.2. The van der Waals surface area contributed by atoms with Crippen molar-refractivity contribution in [3.63, 3.8) is 0 Å². The van der Waals surface area contributed by atoms with E-state index in [1.807, 2.05) is 5.32 Å². The molecule has 0 atom stereocenters. The Morgan fingerprint density at radius 2 is 2.05 bits per heavy atom. The summed E-state index contributed by atoms with van der Waals surface area (Å²) >= 11 is 0. The number of alkyl halides is 3. The van der Waals surface area contributed by atoms with Crippen LogP contribution in [0.3, 0.4) is 0 Å². The zero-order valence-electron chi connectivity index (χ0n) is 11.3. The Hall–Kier alpha value is -1.60. The Kier molecular flexibility index (Phi) is 4.84. The summed E-state index contributed by atoms with van der Waals surface area (Å²) in [6.45, 7) is 1.26. The lowest BCUT2D eigenvalue weighted by Gasteiger charge is -2.31. The van der Waals surface area contributed by atoms with Crippen LogP contribution in [0.2, 0.25) is 0 Å². The predicted molar refractivity (Wildman–Crippen MR) is 71.6 cm³/mol. The highest BCUT2D eigenvalue weighted by molar-refractivity contribution is 5.94. The topological polar surface area (TPSA) is 61.4 Å². The second-order valence-corrected chi connectivity index (χ2v) is 5.27. The van der Waals surface area contributed by atoms with Gasteiger partial charge in [-0.1, -0.05) is 12.1 Å². The van der Waals surface area contributed by atoms with E-state index in [9.17, 15) is 18.0 Å². The van der Waals surface area contributed by atoms with Gasteiger partial charge in [0.15, 0.2) is 0 Å². The molecule has 1 fully saturated rings. The molecule has 116 valence electrons. The minimum atomic E-state index is -4.89. The molecular weight excluding hydrogens is 285 g/mol. The molecule has 1 aromatic rings. The molecule has 4 nitrogen and oxygen atoms in total. The van der Waals surface area contributed by atoms with Crippen LogP contribution in [0.1, 0.15) is 18.4 Å². The van der Waals surface area contributed by atoms with Gasteiger partial charge >= 0.3 is 12.1 Å². The molecule has 1 aliphatic rings. The summed E-state index contributed by atoms with van der Waals surface area (Å²) in [6, 6.07) is 6.28. The Bertz CT molecular complexity index is 499. The van der Waals surface area contributed by atoms with E-state index in [1.54, 1.807) is 12.1 Å². The summed E-state index contributed by atoms with van der Waals surface area (Å²) in [5, 5.41) is 14.2. The third-order valence-electron chi connectivity index (χ3n) is 3.42. The van der Waals surface area contributed by atoms with Crippen LogP contribution in [0.15, 0.2) is 24.3 Å². The molecular formula is C14H17F3N2O2. The summed E-state index contributed by atoms with van der Waals surface area (Å²) in [7, 11) is 0. The van der Waals surface area contributed by atoms with Crippen molar-refractivity contribution in [1.82, 2.24) is 5.32 Å². The third-order valence-corrected chi connectivity index (χ3v) is 3.42. The van der Waals surface area contributed by atoms with Gasteiger partial charge in [-0.2, -0.15) is 13.2 Å². The average molecular weight is 302 g/mol. The van der Waals surface area contributed by atoms with Crippen molar-refractivity contribution in [2.75, 3.05) is 11.9 Å². The lowest BCUT2D eigenvalue weighted by Crippen LogP contribution is -2.35. The van der Waals surface area contributed by atoms with Crippen LogP contribution in [0.5, 0.6) is 0 Å². The van der Waals surface area contributed by atoms with Gasteiger partial charge < -0.3 is 15.7 Å². The number of carbonyl (C=O) groups is 1. The molecule has 0 aliphatic heterocycles. The average Bonchev–Trinajstić information content (AvgIpc) is 2.36. The van der Waals surface area contributed by atoms with Crippen LogP contribution in [-0.2, 0) is 11.3 Å². The molecule has 1 aromatic carbocycles. The quantitative estimate of drug-likeness (QED) is 0.780. The number of anilines is 1. The van der Waals surface area contributed by atoms with E-state index in [-0.39, 0.29) is 11.8 Å². The minimum Gasteiger partial charge on any atom is -0.393 e. The van der Waals surface area contributed by atoms with Gasteiger partial charge in [0.2, 0.25) is 0 Å². The zero-order valence-corrected chi connectivity index (χ0v) is 11.3. The standard InChI is InChI=1S/C14H17F3N2O2/c15-14(16,17)13(21)19-11-3-1-2-9(4-11)7-18-8-10-5-12(20)6-10/h1-4,10,12,18,20H,5-8H2,(H,19,21). The fourth-order valence-electron chi connectivity index (χ4n) is 2.25. The molecule has 1 aliphatic carbocycles. The fourth-order valence-corrected chi connectivity index (χ4v) is 2.25. The molecule has 3 N–H and O–H groups in total. The smallest absolute Gasteiger partial charge is 0.393 e. The van der Waals surface area contributed by atoms with Gasteiger partial charge in [0.25, 0.3) is 0 Å². The number of hydrogen-bond acceptors (Lipinski definition) is 3. The summed E-state index contributed by atoms with van der Waals surface area (Å²) in [6.07, 6.45) is -3.51. The van der Waals surface area contributed by atoms with Crippen LogP contribution in [0, 0.1) is 5.92 Å². The van der Waals surface area contributed by atoms with Crippen molar-refractivity contribution < 1.29 is 23.1 Å². The molecule has 0 aromatic heterocycles. The molecule has 0 saturated heterocycles. The van der Waals surface area contributed by atoms with Gasteiger partial charge in [-0.3, -0.25) is 4.79 Å². The first-order chi connectivity index (χ1) is 9.84. The monoisotopic (exact) mass is 302 g/mol. The van der Waals surface area contributed by atoms with Gasteiger partial charge in [-0.05, 0) is 43.0 Å². The van der Waals surface area contributed by atoms with Crippen molar-refractivity contribution in [1.29, 1.82) is 0 Å². The first-order valence-electron chi connectivity index (χ1n) is 6.70. The number of halogens is 3. The number of aliphatic hydroxyl groups is 1. The van der Waals surface area contributed by atoms with Gasteiger partial charge in [-0.15, -0.1) is 0 Å². The summed E-state index contributed by atoms with van der Waals surface area (Å²) in [5.74, 6) is -1.52. The van der Waals surface area contributed by atoms with Crippen LogP contribution < -0.4 is 10.6 Å². The zero-order chi connectivity index (χ0) is 15.5. The van der Waals surface area contributed by atoms with Crippen LogP contribution in [-0.4, -0.2) is 29.8 Å². The Labute approximate surface area is 120 Å². The summed E-state index contributed by atoms with van der Waals surface area (Å²) < 4.78 is 36.5. The number of benzene rings is 1. The summed E-state index contributed by atoms with van der Waals surface area (Å²) in [5.41, 5.74) is 0.908. The van der Waals surface area contributed by atoms with E-state index in [2.05, 4.69) is 5.32 Å². The number of carbonyl (C=O) groups excluding carboxylic acids is 1. The van der Waals surface area contributed by atoms with Crippen molar-refractivity contribution in [3.8, 4) is 0 Å². The molecule has 21 heavy (non-hydrogen) atoms. The van der Waals surface area contributed by atoms with Gasteiger partial charge in [0.05, 0.1) is 6.10 Å². The number of nitrogens with one attached hydrogen (secondary N) is 2. The molecule has 1 saturated carbocycles. The van der Waals surface area contributed by atoms with Crippen molar-refractivity contribution in [3.05, 3.63) is 29.8 Å². The van der Waals surface area contributed by atoms with Crippen LogP contribution in [0.25, 0.3) is 0 Å². The van der Waals surface area contributed by atoms with E-state index in [0.717, 1.165) is 24.9 Å². The van der Waals surface area contributed by atoms with Gasteiger partial charge in [0, 0.05) is 12.2 Å². The normalized spacial score (nSPS) is 21.7. The molecule has 7 heteroatoms. The summed E-state index contributed by atoms with van der Waals surface area (Å²) in [4.78, 5) is 10.9. The molecule has 1 amide bonds. The van der Waals surface area contributed by atoms with Crippen molar-refractivity contribution in [2.24, 2.45) is 5.92 Å². The lowest BCUT2D eigenvalue weighted by molar-refractivity contribution is -0.167. The largest absolute Gasteiger partial charge is 0.471 e. The molecule has 0 bridgehead atoms. The van der Waals surface area contributed by atoms with Crippen LogP contribution in [0.4, 0.5) is 18.9 Å². The van der Waals surface area contributed by atoms with E-state index < -0.39 is 12.1 Å². The van der Waals surface area contributed by atoms with Crippen LogP contribution >= 0.6 is 0 Å². The third kappa shape index (κ3) is 4.71. The Morgan fingerprint density at radius 3 is 2.67 bits per heavy atom. The van der Waals surface area contributed by atoms with E-state index in [1.165, 1.54) is 12.1 Å². The molecule has 0 unspecified atom stereocenters. The van der Waals surface area contributed by atoms with E-state index in [4.69, 9.17) is 5.11 Å². The Balaban J connectivity index is 1.81. The number of hydrogen-bond donors (Lipinski definition) is 3. The van der Waals surface area contributed by atoms with E-state index >= 15 is 0 Å².